The average molecular weight is 744 g/mol. The van der Waals surface area contributed by atoms with Crippen molar-refractivity contribution in [1.82, 2.24) is 14.3 Å². The number of unbranched alkanes of at least 4 members (excludes halogenated alkanes) is 5. The van der Waals surface area contributed by atoms with E-state index in [9.17, 15) is 9.59 Å². The van der Waals surface area contributed by atoms with Gasteiger partial charge in [0.25, 0.3) is 0 Å². The van der Waals surface area contributed by atoms with Gasteiger partial charge in [0, 0.05) is 5.56 Å². The van der Waals surface area contributed by atoms with Gasteiger partial charge in [-0.3, -0.25) is 0 Å². The van der Waals surface area contributed by atoms with Crippen LogP contribution in [0.3, 0.4) is 0 Å². The van der Waals surface area contributed by atoms with Crippen molar-refractivity contribution in [3.8, 4) is 78.1 Å². The molecule has 0 fully saturated rings. The minimum Gasteiger partial charge on any atom is -0.246 e. The zero-order chi connectivity index (χ0) is 38.7. The molecule has 8 aromatic rings. The smallest absolute Gasteiger partial charge is 0.246 e. The highest BCUT2D eigenvalue weighted by Gasteiger charge is 2.18. The summed E-state index contributed by atoms with van der Waals surface area (Å²) in [5.74, 6) is 0. The van der Waals surface area contributed by atoms with E-state index >= 15 is 0 Å². The molecule has 0 radical (unpaired) electrons. The summed E-state index contributed by atoms with van der Waals surface area (Å²) in [6, 6.07) is 57.0. The molecule has 0 aliphatic heterocycles. The number of H-pyrrole nitrogens is 1. The van der Waals surface area contributed by atoms with E-state index in [0.717, 1.165) is 62.9 Å². The van der Waals surface area contributed by atoms with Crippen molar-refractivity contribution >= 4 is 0 Å². The number of rotatable bonds is 9. The van der Waals surface area contributed by atoms with Gasteiger partial charge in [0.1, 0.15) is 0 Å². The van der Waals surface area contributed by atoms with Gasteiger partial charge < -0.3 is 0 Å². The third-order valence-corrected chi connectivity index (χ3v) is 11.4. The predicted octanol–water partition coefficient (Wildman–Crippen LogP) is 12.5. The summed E-state index contributed by atoms with van der Waals surface area (Å²) in [5.41, 5.74) is 14.3. The molecule has 0 spiro atoms. The number of nitrogens with one attached hydrogen (secondary N) is 1. The first-order valence-electron chi connectivity index (χ1n) is 20.2. The molecule has 24 rings (SSSR count). The lowest BCUT2D eigenvalue weighted by Gasteiger charge is -2.14. The standard InChI is InChI=1S/C52H45N3O2/c1-2-3-4-5-6-7-8-36-9-32-48(33-10-36)54-51(56)53-55(52(54)57)50-35-47-31-34-49(50)46-29-27-44(28-30-46)42-21-19-40(20-22-42)38-13-11-37(12-14-38)39-15-17-41(18-16-39)43-23-25-45(47)26-24-43/h9-35H,2-8H2,1H3,(H,53,56). The molecule has 5 heteroatoms. The lowest BCUT2D eigenvalue weighted by Crippen LogP contribution is -2.27. The van der Waals surface area contributed by atoms with Crippen LogP contribution in [0.15, 0.2) is 173 Å². The van der Waals surface area contributed by atoms with Crippen LogP contribution in [0.25, 0.3) is 78.1 Å². The molecule has 16 aliphatic rings. The van der Waals surface area contributed by atoms with Gasteiger partial charge >= 0.3 is 11.4 Å². The van der Waals surface area contributed by atoms with E-state index in [2.05, 4.69) is 139 Å². The van der Waals surface area contributed by atoms with Crippen molar-refractivity contribution in [2.45, 2.75) is 51.9 Å². The first-order valence-corrected chi connectivity index (χ1v) is 20.2. The van der Waals surface area contributed by atoms with Gasteiger partial charge in [0.15, 0.2) is 0 Å². The number of benzene rings is 7. The van der Waals surface area contributed by atoms with Crippen molar-refractivity contribution in [3.63, 3.8) is 0 Å². The Morgan fingerprint density at radius 2 is 0.807 bits per heavy atom. The van der Waals surface area contributed by atoms with Crippen LogP contribution in [0.5, 0.6) is 0 Å². The lowest BCUT2D eigenvalue weighted by atomic mass is 9.94. The molecule has 0 amide bonds. The summed E-state index contributed by atoms with van der Waals surface area (Å²) < 4.78 is 2.62. The van der Waals surface area contributed by atoms with Crippen LogP contribution in [0.1, 0.15) is 51.0 Å². The normalized spacial score (nSPS) is 11.5. The second-order valence-electron chi connectivity index (χ2n) is 15.2. The summed E-state index contributed by atoms with van der Waals surface area (Å²) in [4.78, 5) is 27.9. The highest BCUT2D eigenvalue weighted by Crippen LogP contribution is 2.35. The summed E-state index contributed by atoms with van der Waals surface area (Å²) in [5, 5.41) is 2.89. The zero-order valence-electron chi connectivity index (χ0n) is 32.2. The van der Waals surface area contributed by atoms with Gasteiger partial charge in [-0.1, -0.05) is 185 Å². The lowest BCUT2D eigenvalue weighted by molar-refractivity contribution is 0.607. The maximum absolute atomic E-state index is 14.3. The van der Waals surface area contributed by atoms with Crippen LogP contribution >= 0.6 is 0 Å². The van der Waals surface area contributed by atoms with Crippen LogP contribution in [0, 0.1) is 0 Å². The van der Waals surface area contributed by atoms with E-state index in [-0.39, 0.29) is 0 Å². The third kappa shape index (κ3) is 7.37. The van der Waals surface area contributed by atoms with Gasteiger partial charge in [-0.2, -0.15) is 4.68 Å². The second-order valence-corrected chi connectivity index (χ2v) is 15.2. The Morgan fingerprint density at radius 1 is 0.421 bits per heavy atom. The van der Waals surface area contributed by atoms with Crippen LogP contribution in [0.2, 0.25) is 0 Å². The maximum Gasteiger partial charge on any atom is 0.356 e. The zero-order valence-corrected chi connectivity index (χ0v) is 32.2. The Morgan fingerprint density at radius 3 is 1.26 bits per heavy atom. The molecule has 57 heavy (non-hydrogen) atoms. The van der Waals surface area contributed by atoms with Gasteiger partial charge in [0.05, 0.1) is 11.4 Å². The van der Waals surface area contributed by atoms with Crippen LogP contribution in [-0.4, -0.2) is 14.3 Å². The molecular formula is C52H45N3O2. The predicted molar refractivity (Wildman–Crippen MR) is 235 cm³/mol. The third-order valence-electron chi connectivity index (χ3n) is 11.4. The van der Waals surface area contributed by atoms with E-state index in [1.165, 1.54) is 63.6 Å². The molecule has 0 saturated heterocycles. The molecule has 1 N–H and O–H groups in total. The summed E-state index contributed by atoms with van der Waals surface area (Å²) in [7, 11) is 0. The fourth-order valence-electron chi connectivity index (χ4n) is 8.10. The van der Waals surface area contributed by atoms with Crippen molar-refractivity contribution < 1.29 is 0 Å². The number of hydrogen-bond acceptors (Lipinski definition) is 2. The topological polar surface area (TPSA) is 59.8 Å². The molecule has 12 bridgehead atoms. The van der Waals surface area contributed by atoms with Crippen molar-refractivity contribution in [3.05, 3.63) is 190 Å². The number of aryl methyl sites for hydroxylation is 1. The maximum atomic E-state index is 14.3. The van der Waals surface area contributed by atoms with Crippen molar-refractivity contribution in [2.75, 3.05) is 0 Å². The molecule has 7 aromatic carbocycles. The molecule has 16 aliphatic carbocycles. The average Bonchev–Trinajstić information content (AvgIpc) is 3.57. The van der Waals surface area contributed by atoms with Gasteiger partial charge in [-0.25, -0.2) is 19.3 Å². The minimum absolute atomic E-state index is 0.444. The van der Waals surface area contributed by atoms with E-state index in [1.54, 1.807) is 0 Å². The first kappa shape index (κ1) is 35.9. The molecule has 0 atom stereocenters. The summed E-state index contributed by atoms with van der Waals surface area (Å²) in [6.45, 7) is 2.24. The van der Waals surface area contributed by atoms with E-state index in [0.29, 0.717) is 11.4 Å². The Bertz CT molecular complexity index is 2750. The summed E-state index contributed by atoms with van der Waals surface area (Å²) in [6.07, 6.45) is 8.44. The first-order chi connectivity index (χ1) is 28.0. The number of hydrogen-bond donors (Lipinski definition) is 1. The number of aromatic amines is 1. The van der Waals surface area contributed by atoms with Gasteiger partial charge in [0.2, 0.25) is 0 Å². The summed E-state index contributed by atoms with van der Waals surface area (Å²) >= 11 is 0. The highest BCUT2D eigenvalue weighted by atomic mass is 16.2. The van der Waals surface area contributed by atoms with E-state index < -0.39 is 11.4 Å². The number of nitrogens with zero attached hydrogens (tertiary/aromatic N) is 2. The molecule has 5 nitrogen and oxygen atoms in total. The number of aromatic nitrogens is 3. The largest absolute Gasteiger partial charge is 0.356 e. The highest BCUT2D eigenvalue weighted by molar-refractivity contribution is 5.81. The van der Waals surface area contributed by atoms with E-state index in [4.69, 9.17) is 0 Å². The molecule has 1 heterocycles. The van der Waals surface area contributed by atoms with Crippen molar-refractivity contribution in [2.24, 2.45) is 0 Å². The Balaban J connectivity index is 1.11. The second kappa shape index (κ2) is 15.8. The molecule has 0 unspecified atom stereocenters. The fraction of sp³-hybridized carbons (Fsp3) is 0.154. The molecular weight excluding hydrogens is 699 g/mol. The molecule has 1 aromatic heterocycles. The van der Waals surface area contributed by atoms with Crippen LogP contribution in [0.4, 0.5) is 0 Å². The fourth-order valence-corrected chi connectivity index (χ4v) is 8.10. The SMILES string of the molecule is CCCCCCCCc1ccc(-n2c(=O)[nH]n(-c3cc4ccc3-c3ccc(cc3)-c3ccc(cc3)-c3ccc(cc3)-c3ccc(cc3)-c3ccc-4cc3)c2=O)cc1. The Kier molecular flexibility index (Phi) is 9.96. The molecule has 280 valence electrons. The van der Waals surface area contributed by atoms with Crippen LogP contribution in [-0.2, 0) is 6.42 Å². The van der Waals surface area contributed by atoms with Crippen molar-refractivity contribution in [1.29, 1.82) is 0 Å². The Hall–Kier alpha value is -6.72. The van der Waals surface area contributed by atoms with Gasteiger partial charge in [-0.05, 0) is 97.8 Å². The minimum atomic E-state index is -0.482. The molecule has 0 saturated carbocycles. The van der Waals surface area contributed by atoms with Gasteiger partial charge in [-0.15, -0.1) is 0 Å². The van der Waals surface area contributed by atoms with E-state index in [1.807, 2.05) is 36.4 Å². The monoisotopic (exact) mass is 743 g/mol. The van der Waals surface area contributed by atoms with Crippen LogP contribution < -0.4 is 11.4 Å². The Labute approximate surface area is 333 Å². The quantitative estimate of drug-likeness (QED) is 0.150.